The molecule has 1 aliphatic rings. The lowest BCUT2D eigenvalue weighted by Gasteiger charge is -2.38. The minimum atomic E-state index is 0.142. The normalized spacial score (nSPS) is 15.7. The molecule has 3 aromatic carbocycles. The van der Waals surface area contributed by atoms with E-state index in [0.717, 1.165) is 37.8 Å². The molecular formula is C30H35NO4. The van der Waals surface area contributed by atoms with Crippen molar-refractivity contribution in [3.63, 3.8) is 0 Å². The summed E-state index contributed by atoms with van der Waals surface area (Å²) < 4.78 is 16.4. The summed E-state index contributed by atoms with van der Waals surface area (Å²) >= 11 is 0. The molecule has 184 valence electrons. The number of amides is 1. The first-order valence-electron chi connectivity index (χ1n) is 12.3. The van der Waals surface area contributed by atoms with Crippen LogP contribution in [-0.2, 0) is 11.2 Å². The van der Waals surface area contributed by atoms with Gasteiger partial charge in [-0.05, 0) is 54.5 Å². The summed E-state index contributed by atoms with van der Waals surface area (Å²) in [4.78, 5) is 15.7. The van der Waals surface area contributed by atoms with Gasteiger partial charge in [0.15, 0.2) is 11.5 Å². The lowest BCUT2D eigenvalue weighted by molar-refractivity contribution is -0.134. The van der Waals surface area contributed by atoms with Crippen LogP contribution in [0.15, 0.2) is 72.8 Å². The number of piperidine rings is 1. The topological polar surface area (TPSA) is 48.0 Å². The van der Waals surface area contributed by atoms with Crippen LogP contribution in [-0.4, -0.2) is 44.7 Å². The van der Waals surface area contributed by atoms with Gasteiger partial charge in [0, 0.05) is 18.5 Å². The fourth-order valence-corrected chi connectivity index (χ4v) is 5.19. The third kappa shape index (κ3) is 5.79. The molecule has 0 bridgehead atoms. The summed E-state index contributed by atoms with van der Waals surface area (Å²) in [6.45, 7) is 0.796. The van der Waals surface area contributed by atoms with E-state index in [9.17, 15) is 4.79 Å². The predicted molar refractivity (Wildman–Crippen MR) is 138 cm³/mol. The maximum absolute atomic E-state index is 13.6. The van der Waals surface area contributed by atoms with Crippen LogP contribution in [0.1, 0.15) is 48.3 Å². The Kier molecular flexibility index (Phi) is 8.30. The zero-order chi connectivity index (χ0) is 24.6. The number of hydrogen-bond acceptors (Lipinski definition) is 4. The minimum Gasteiger partial charge on any atom is -0.493 e. The SMILES string of the molecule is COc1cc(CC(=O)N2CCCCC2CC(c2ccccc2)c2ccccc2)cc(OC)c1OC. The first-order valence-corrected chi connectivity index (χ1v) is 12.3. The molecule has 0 aliphatic carbocycles. The lowest BCUT2D eigenvalue weighted by atomic mass is 9.83. The van der Waals surface area contributed by atoms with Crippen LogP contribution in [0.5, 0.6) is 17.2 Å². The molecule has 1 unspecified atom stereocenters. The number of rotatable bonds is 9. The Morgan fingerprint density at radius 2 is 1.43 bits per heavy atom. The minimum absolute atomic E-state index is 0.142. The third-order valence-electron chi connectivity index (χ3n) is 6.94. The van der Waals surface area contributed by atoms with Gasteiger partial charge in [-0.2, -0.15) is 0 Å². The van der Waals surface area contributed by atoms with Crippen LogP contribution in [0.3, 0.4) is 0 Å². The molecule has 0 saturated carbocycles. The van der Waals surface area contributed by atoms with E-state index < -0.39 is 0 Å². The van der Waals surface area contributed by atoms with Gasteiger partial charge in [0.05, 0.1) is 27.8 Å². The average molecular weight is 474 g/mol. The molecule has 1 fully saturated rings. The largest absolute Gasteiger partial charge is 0.493 e. The van der Waals surface area contributed by atoms with Crippen molar-refractivity contribution in [1.29, 1.82) is 0 Å². The molecule has 0 radical (unpaired) electrons. The van der Waals surface area contributed by atoms with Gasteiger partial charge < -0.3 is 19.1 Å². The maximum atomic E-state index is 13.6. The molecule has 1 amide bonds. The van der Waals surface area contributed by atoms with Gasteiger partial charge in [-0.25, -0.2) is 0 Å². The van der Waals surface area contributed by atoms with E-state index in [0.29, 0.717) is 23.7 Å². The zero-order valence-electron chi connectivity index (χ0n) is 20.9. The summed E-state index contributed by atoms with van der Waals surface area (Å²) in [5, 5.41) is 0. The highest BCUT2D eigenvalue weighted by Crippen LogP contribution is 2.39. The second-order valence-electron chi connectivity index (χ2n) is 9.06. The Morgan fingerprint density at radius 3 is 1.94 bits per heavy atom. The van der Waals surface area contributed by atoms with Crippen LogP contribution in [0, 0.1) is 0 Å². The highest BCUT2D eigenvalue weighted by Gasteiger charge is 2.30. The van der Waals surface area contributed by atoms with E-state index in [1.807, 2.05) is 12.1 Å². The number of ether oxygens (including phenoxy) is 3. The Bertz CT molecular complexity index is 1040. The van der Waals surface area contributed by atoms with E-state index in [1.165, 1.54) is 11.1 Å². The monoisotopic (exact) mass is 473 g/mol. The number of carbonyl (C=O) groups is 1. The Morgan fingerprint density at radius 1 is 0.857 bits per heavy atom. The Labute approximate surface area is 208 Å². The van der Waals surface area contributed by atoms with Crippen LogP contribution in [0.4, 0.5) is 0 Å². The van der Waals surface area contributed by atoms with Crippen molar-refractivity contribution in [3.05, 3.63) is 89.5 Å². The van der Waals surface area contributed by atoms with Crippen LogP contribution >= 0.6 is 0 Å². The standard InChI is InChI=1S/C30H35NO4/c1-33-27-18-22(19-28(34-2)30(27)35-3)20-29(32)31-17-11-10-16-25(31)21-26(23-12-6-4-7-13-23)24-14-8-5-9-15-24/h4-9,12-15,18-19,25-26H,10-11,16-17,20-21H2,1-3H3. The summed E-state index contributed by atoms with van der Waals surface area (Å²) in [7, 11) is 4.77. The van der Waals surface area contributed by atoms with Gasteiger partial charge in [0.2, 0.25) is 11.7 Å². The molecule has 0 aromatic heterocycles. The van der Waals surface area contributed by atoms with Crippen molar-refractivity contribution in [2.75, 3.05) is 27.9 Å². The first kappa shape index (κ1) is 24.6. The van der Waals surface area contributed by atoms with Gasteiger partial charge in [-0.15, -0.1) is 0 Å². The van der Waals surface area contributed by atoms with Crippen molar-refractivity contribution in [2.45, 2.75) is 44.1 Å². The fourth-order valence-electron chi connectivity index (χ4n) is 5.19. The fraction of sp³-hybridized carbons (Fsp3) is 0.367. The number of nitrogens with zero attached hydrogens (tertiary/aromatic N) is 1. The van der Waals surface area contributed by atoms with E-state index in [1.54, 1.807) is 21.3 Å². The quantitative estimate of drug-likeness (QED) is 0.391. The number of likely N-dealkylation sites (tertiary alicyclic amines) is 1. The molecule has 0 spiro atoms. The lowest BCUT2D eigenvalue weighted by Crippen LogP contribution is -2.45. The summed E-state index contributed by atoms with van der Waals surface area (Å²) in [5.41, 5.74) is 3.44. The smallest absolute Gasteiger partial charge is 0.227 e. The predicted octanol–water partition coefficient (Wildman–Crippen LogP) is 5.86. The molecule has 5 heteroatoms. The van der Waals surface area contributed by atoms with E-state index in [4.69, 9.17) is 14.2 Å². The van der Waals surface area contributed by atoms with Crippen molar-refractivity contribution in [1.82, 2.24) is 4.90 Å². The third-order valence-corrected chi connectivity index (χ3v) is 6.94. The summed E-state index contributed by atoms with van der Waals surface area (Å²) in [6.07, 6.45) is 4.43. The highest BCUT2D eigenvalue weighted by atomic mass is 16.5. The second kappa shape index (κ2) is 11.8. The van der Waals surface area contributed by atoms with Crippen LogP contribution in [0.2, 0.25) is 0 Å². The first-order chi connectivity index (χ1) is 17.1. The van der Waals surface area contributed by atoms with Gasteiger partial charge >= 0.3 is 0 Å². The number of methoxy groups -OCH3 is 3. The number of hydrogen-bond donors (Lipinski definition) is 0. The molecular weight excluding hydrogens is 438 g/mol. The van der Waals surface area contributed by atoms with E-state index >= 15 is 0 Å². The van der Waals surface area contributed by atoms with Gasteiger partial charge in [-0.1, -0.05) is 60.7 Å². The molecule has 1 saturated heterocycles. The van der Waals surface area contributed by atoms with Gasteiger partial charge in [0.25, 0.3) is 0 Å². The zero-order valence-corrected chi connectivity index (χ0v) is 20.9. The summed E-state index contributed by atoms with van der Waals surface area (Å²) in [5.74, 6) is 2.06. The Balaban J connectivity index is 1.57. The van der Waals surface area contributed by atoms with Crippen LogP contribution < -0.4 is 14.2 Å². The maximum Gasteiger partial charge on any atom is 0.227 e. The molecule has 1 atom stereocenters. The van der Waals surface area contributed by atoms with E-state index in [2.05, 4.69) is 65.6 Å². The van der Waals surface area contributed by atoms with Crippen LogP contribution in [0.25, 0.3) is 0 Å². The number of benzene rings is 3. The average Bonchev–Trinajstić information content (AvgIpc) is 2.92. The van der Waals surface area contributed by atoms with Crippen molar-refractivity contribution >= 4 is 5.91 Å². The molecule has 1 aliphatic heterocycles. The van der Waals surface area contributed by atoms with E-state index in [-0.39, 0.29) is 17.9 Å². The molecule has 0 N–H and O–H groups in total. The molecule has 5 nitrogen and oxygen atoms in total. The van der Waals surface area contributed by atoms with Gasteiger partial charge in [0.1, 0.15) is 0 Å². The van der Waals surface area contributed by atoms with Crippen molar-refractivity contribution in [2.24, 2.45) is 0 Å². The molecule has 4 rings (SSSR count). The highest BCUT2D eigenvalue weighted by molar-refractivity contribution is 5.80. The molecule has 35 heavy (non-hydrogen) atoms. The van der Waals surface area contributed by atoms with Crippen molar-refractivity contribution in [3.8, 4) is 17.2 Å². The number of carbonyl (C=O) groups excluding carboxylic acids is 1. The Hall–Kier alpha value is -3.47. The van der Waals surface area contributed by atoms with Gasteiger partial charge in [-0.3, -0.25) is 4.79 Å². The molecule has 1 heterocycles. The molecule has 3 aromatic rings. The van der Waals surface area contributed by atoms with Crippen molar-refractivity contribution < 1.29 is 19.0 Å². The summed E-state index contributed by atoms with van der Waals surface area (Å²) in [6, 6.07) is 25.2. The second-order valence-corrected chi connectivity index (χ2v) is 9.06.